The Morgan fingerprint density at radius 3 is 2.04 bits per heavy atom. The van der Waals surface area contributed by atoms with Gasteiger partial charge < -0.3 is 14.4 Å². The van der Waals surface area contributed by atoms with E-state index >= 15 is 0 Å². The zero-order valence-corrected chi connectivity index (χ0v) is 15.1. The molecule has 1 atom stereocenters. The van der Waals surface area contributed by atoms with Crippen LogP contribution in [0.25, 0.3) is 0 Å². The second-order valence-corrected chi connectivity index (χ2v) is 7.64. The van der Waals surface area contributed by atoms with Crippen LogP contribution in [0.1, 0.15) is 31.1 Å². The van der Waals surface area contributed by atoms with Crippen LogP contribution in [0, 0.1) is 0 Å². The molecule has 0 saturated carbocycles. The smallest absolute Gasteiger partial charge is 0.254 e. The zero-order valence-electron chi connectivity index (χ0n) is 14.3. The number of hydrogen-bond donors (Lipinski definition) is 0. The number of carbonyl (C=O) groups excluding carboxylic acids is 1. The summed E-state index contributed by atoms with van der Waals surface area (Å²) in [5.41, 5.74) is 0.406. The molecule has 23 heavy (non-hydrogen) atoms. The summed E-state index contributed by atoms with van der Waals surface area (Å²) in [5.74, 6) is 0.791. The van der Waals surface area contributed by atoms with Crippen molar-refractivity contribution in [2.75, 3.05) is 32.3 Å². The van der Waals surface area contributed by atoms with Crippen LogP contribution in [0.15, 0.2) is 18.2 Å². The van der Waals surface area contributed by atoms with E-state index in [4.69, 9.17) is 9.47 Å². The third kappa shape index (κ3) is 5.13. The molecule has 0 saturated heterocycles. The lowest BCUT2D eigenvalue weighted by atomic mass is 10.1. The summed E-state index contributed by atoms with van der Waals surface area (Å²) in [5, 5.41) is 0. The van der Waals surface area contributed by atoms with E-state index in [0.29, 0.717) is 23.6 Å². The molecule has 0 aliphatic carbocycles. The van der Waals surface area contributed by atoms with Crippen LogP contribution >= 0.6 is 0 Å². The van der Waals surface area contributed by atoms with Gasteiger partial charge >= 0.3 is 0 Å². The average molecular weight is 343 g/mol. The number of methoxy groups -OCH3 is 2. The van der Waals surface area contributed by atoms with Crippen LogP contribution in [0.2, 0.25) is 0 Å². The minimum atomic E-state index is -3.16. The van der Waals surface area contributed by atoms with Crippen LogP contribution in [-0.4, -0.2) is 57.5 Å². The van der Waals surface area contributed by atoms with Crippen LogP contribution in [0.3, 0.4) is 0 Å². The van der Waals surface area contributed by atoms with Crippen molar-refractivity contribution in [2.45, 2.75) is 26.8 Å². The van der Waals surface area contributed by atoms with Crippen molar-refractivity contribution < 1.29 is 22.7 Å². The molecule has 1 aromatic rings. The molecule has 1 rings (SSSR count). The molecule has 0 unspecified atom stereocenters. The fraction of sp³-hybridized carbons (Fsp3) is 0.562. The summed E-state index contributed by atoms with van der Waals surface area (Å²) < 4.78 is 34.0. The van der Waals surface area contributed by atoms with Crippen molar-refractivity contribution in [1.29, 1.82) is 0 Å². The first kappa shape index (κ1) is 19.3. The predicted octanol–water partition coefficient (Wildman–Crippen LogP) is 1.99. The van der Waals surface area contributed by atoms with Gasteiger partial charge in [0.2, 0.25) is 0 Å². The van der Waals surface area contributed by atoms with Gasteiger partial charge in [-0.05, 0) is 26.0 Å². The van der Waals surface area contributed by atoms with E-state index in [0.717, 1.165) is 0 Å². The van der Waals surface area contributed by atoms with E-state index < -0.39 is 15.9 Å². The van der Waals surface area contributed by atoms with Gasteiger partial charge in [0.25, 0.3) is 5.91 Å². The lowest BCUT2D eigenvalue weighted by Crippen LogP contribution is -2.42. The standard InChI is InChI=1S/C16H25NO5S/c1-6-17(12(3)11-23(19,20)7-2)16(18)13-8-14(21-4)10-15(9-13)22-5/h8-10,12H,6-7,11H2,1-5H3/t12-/m1/s1. The molecule has 130 valence electrons. The van der Waals surface area contributed by atoms with E-state index in [1.165, 1.54) is 14.2 Å². The van der Waals surface area contributed by atoms with Crippen molar-refractivity contribution in [1.82, 2.24) is 4.90 Å². The van der Waals surface area contributed by atoms with Gasteiger partial charge in [0.05, 0.1) is 20.0 Å². The highest BCUT2D eigenvalue weighted by Crippen LogP contribution is 2.24. The highest BCUT2D eigenvalue weighted by molar-refractivity contribution is 7.91. The number of benzene rings is 1. The highest BCUT2D eigenvalue weighted by atomic mass is 32.2. The molecule has 0 spiro atoms. The number of sulfone groups is 1. The second-order valence-electron chi connectivity index (χ2n) is 5.24. The Morgan fingerprint density at radius 2 is 1.65 bits per heavy atom. The number of ether oxygens (including phenoxy) is 2. The van der Waals surface area contributed by atoms with E-state index in [-0.39, 0.29) is 17.4 Å². The fourth-order valence-corrected chi connectivity index (χ4v) is 3.48. The van der Waals surface area contributed by atoms with Gasteiger partial charge in [-0.1, -0.05) is 6.92 Å². The number of carbonyl (C=O) groups is 1. The third-order valence-electron chi connectivity index (χ3n) is 3.67. The molecule has 1 amide bonds. The largest absolute Gasteiger partial charge is 0.497 e. The Morgan fingerprint density at radius 1 is 1.13 bits per heavy atom. The number of hydrogen-bond acceptors (Lipinski definition) is 5. The maximum Gasteiger partial charge on any atom is 0.254 e. The average Bonchev–Trinajstić information content (AvgIpc) is 2.54. The molecule has 0 aliphatic heterocycles. The van der Waals surface area contributed by atoms with E-state index in [9.17, 15) is 13.2 Å². The molecule has 0 fully saturated rings. The van der Waals surface area contributed by atoms with E-state index in [1.54, 1.807) is 36.9 Å². The molecular weight excluding hydrogens is 318 g/mol. The third-order valence-corrected chi connectivity index (χ3v) is 5.54. The Labute approximate surface area is 138 Å². The lowest BCUT2D eigenvalue weighted by molar-refractivity contribution is 0.0718. The molecular formula is C16H25NO5S. The summed E-state index contributed by atoms with van der Waals surface area (Å²) in [4.78, 5) is 14.3. The minimum Gasteiger partial charge on any atom is -0.497 e. The van der Waals surface area contributed by atoms with Crippen molar-refractivity contribution >= 4 is 15.7 Å². The molecule has 0 heterocycles. The molecule has 0 aromatic heterocycles. The monoisotopic (exact) mass is 343 g/mol. The Bertz CT molecular complexity index is 620. The first-order valence-electron chi connectivity index (χ1n) is 7.52. The van der Waals surface area contributed by atoms with Crippen LogP contribution < -0.4 is 9.47 Å². The zero-order chi connectivity index (χ0) is 17.6. The van der Waals surface area contributed by atoms with Gasteiger partial charge in [0, 0.05) is 30.0 Å². The summed E-state index contributed by atoms with van der Waals surface area (Å²) in [6, 6.07) is 4.51. The van der Waals surface area contributed by atoms with Crippen molar-refractivity contribution in [3.63, 3.8) is 0 Å². The van der Waals surface area contributed by atoms with Crippen molar-refractivity contribution in [3.8, 4) is 11.5 Å². The van der Waals surface area contributed by atoms with Gasteiger partial charge in [-0.15, -0.1) is 0 Å². The van der Waals surface area contributed by atoms with Crippen LogP contribution in [-0.2, 0) is 9.84 Å². The topological polar surface area (TPSA) is 72.9 Å². The Hall–Kier alpha value is -1.76. The van der Waals surface area contributed by atoms with Gasteiger partial charge in [-0.25, -0.2) is 8.42 Å². The SMILES string of the molecule is CCN(C(=O)c1cc(OC)cc(OC)c1)[C@H](C)CS(=O)(=O)CC. The Kier molecular flexibility index (Phi) is 6.87. The van der Waals surface area contributed by atoms with Crippen molar-refractivity contribution in [3.05, 3.63) is 23.8 Å². The summed E-state index contributed by atoms with van der Waals surface area (Å²) >= 11 is 0. The quantitative estimate of drug-likeness (QED) is 0.722. The summed E-state index contributed by atoms with van der Waals surface area (Å²) in [6.45, 7) is 5.59. The van der Waals surface area contributed by atoms with Crippen molar-refractivity contribution in [2.24, 2.45) is 0 Å². The van der Waals surface area contributed by atoms with Crippen LogP contribution in [0.5, 0.6) is 11.5 Å². The predicted molar refractivity (Wildman–Crippen MR) is 90.0 cm³/mol. The number of nitrogens with zero attached hydrogens (tertiary/aromatic N) is 1. The summed E-state index contributed by atoms with van der Waals surface area (Å²) in [6.07, 6.45) is 0. The first-order chi connectivity index (χ1) is 10.8. The maximum absolute atomic E-state index is 12.7. The maximum atomic E-state index is 12.7. The number of rotatable bonds is 8. The molecule has 0 N–H and O–H groups in total. The van der Waals surface area contributed by atoms with Gasteiger partial charge in [0.15, 0.2) is 9.84 Å². The number of amides is 1. The molecule has 0 radical (unpaired) electrons. The van der Waals surface area contributed by atoms with Gasteiger partial charge in [-0.3, -0.25) is 4.79 Å². The molecule has 0 aliphatic rings. The van der Waals surface area contributed by atoms with Crippen LogP contribution in [0.4, 0.5) is 0 Å². The lowest BCUT2D eigenvalue weighted by Gasteiger charge is -2.28. The normalized spacial score (nSPS) is 12.6. The summed E-state index contributed by atoms with van der Waals surface area (Å²) in [7, 11) is -0.137. The second kappa shape index (κ2) is 8.19. The molecule has 7 heteroatoms. The van der Waals surface area contributed by atoms with Gasteiger partial charge in [0.1, 0.15) is 11.5 Å². The highest BCUT2D eigenvalue weighted by Gasteiger charge is 2.25. The molecule has 0 bridgehead atoms. The Balaban J connectivity index is 3.09. The van der Waals surface area contributed by atoms with Gasteiger partial charge in [-0.2, -0.15) is 0 Å². The van der Waals surface area contributed by atoms with E-state index in [2.05, 4.69) is 0 Å². The minimum absolute atomic E-state index is 0.0514. The molecule has 6 nitrogen and oxygen atoms in total. The first-order valence-corrected chi connectivity index (χ1v) is 9.34. The fourth-order valence-electron chi connectivity index (χ4n) is 2.33. The van der Waals surface area contributed by atoms with E-state index in [1.807, 2.05) is 6.92 Å². The molecule has 1 aromatic carbocycles.